The van der Waals surface area contributed by atoms with Crippen molar-refractivity contribution < 1.29 is 27.6 Å². The molecule has 1 aliphatic rings. The number of benzene rings is 2. The number of aromatic nitrogens is 2. The van der Waals surface area contributed by atoms with E-state index in [2.05, 4.69) is 9.97 Å². The molecule has 7 nitrogen and oxygen atoms in total. The van der Waals surface area contributed by atoms with Gasteiger partial charge >= 0.3 is 6.18 Å². The molecule has 4 rings (SSSR count). The molecule has 0 bridgehead atoms. The third kappa shape index (κ3) is 6.49. The first-order valence-electron chi connectivity index (χ1n) is 12.6. The lowest BCUT2D eigenvalue weighted by Gasteiger charge is -2.30. The number of hydrogen-bond donors (Lipinski definition) is 1. The van der Waals surface area contributed by atoms with Crippen molar-refractivity contribution in [1.82, 2.24) is 19.9 Å². The number of H-pyrrole nitrogens is 1. The van der Waals surface area contributed by atoms with Crippen LogP contribution < -0.4 is 0 Å². The first-order valence-corrected chi connectivity index (χ1v) is 12.6. The molecule has 0 saturated carbocycles. The monoisotopic (exact) mass is 516 g/mol. The van der Waals surface area contributed by atoms with Crippen molar-refractivity contribution in [2.24, 2.45) is 5.92 Å². The molecule has 0 unspecified atom stereocenters. The quantitative estimate of drug-likeness (QED) is 0.264. The minimum absolute atomic E-state index is 0.109. The predicted octanol–water partition coefficient (Wildman–Crippen LogP) is 5.64. The maximum atomic E-state index is 13.7. The summed E-state index contributed by atoms with van der Waals surface area (Å²) >= 11 is 0. The number of nitrogens with zero attached hydrogens (tertiary/aromatic N) is 3. The van der Waals surface area contributed by atoms with Crippen molar-refractivity contribution in [2.45, 2.75) is 57.9 Å². The Kier molecular flexibility index (Phi) is 8.48. The van der Waals surface area contributed by atoms with Crippen LogP contribution in [0.5, 0.6) is 0 Å². The van der Waals surface area contributed by atoms with Crippen molar-refractivity contribution >= 4 is 23.4 Å². The van der Waals surface area contributed by atoms with Crippen molar-refractivity contribution in [3.8, 4) is 0 Å². The van der Waals surface area contributed by atoms with Gasteiger partial charge in [0.1, 0.15) is 12.4 Å². The van der Waals surface area contributed by atoms with Gasteiger partial charge in [-0.25, -0.2) is 10.0 Å². The van der Waals surface area contributed by atoms with Crippen LogP contribution in [0.2, 0.25) is 0 Å². The van der Waals surface area contributed by atoms with Gasteiger partial charge in [-0.05, 0) is 43.0 Å². The van der Waals surface area contributed by atoms with Gasteiger partial charge in [0.25, 0.3) is 0 Å². The molecule has 37 heavy (non-hydrogen) atoms. The number of nitrogens with one attached hydrogen (secondary N) is 1. The molecule has 3 aromatic rings. The molecule has 2 amide bonds. The van der Waals surface area contributed by atoms with E-state index < -0.39 is 17.7 Å². The number of fused-ring (bicyclic) bond motifs is 1. The van der Waals surface area contributed by atoms with Gasteiger partial charge in [0.05, 0.1) is 35.1 Å². The number of rotatable bonds is 11. The molecule has 1 aliphatic heterocycles. The van der Waals surface area contributed by atoms with Crippen LogP contribution in [0.4, 0.5) is 13.2 Å². The molecule has 0 aliphatic carbocycles. The average molecular weight is 517 g/mol. The van der Waals surface area contributed by atoms with Crippen LogP contribution in [0.15, 0.2) is 48.5 Å². The van der Waals surface area contributed by atoms with E-state index in [9.17, 15) is 22.8 Å². The summed E-state index contributed by atoms with van der Waals surface area (Å²) in [6, 6.07) is 12.5. The van der Waals surface area contributed by atoms with Crippen LogP contribution in [0, 0.1) is 5.92 Å². The second kappa shape index (κ2) is 11.8. The Hall–Kier alpha value is -3.40. The number of aromatic amines is 1. The highest BCUT2D eigenvalue weighted by molar-refractivity contribution is 5.80. The minimum Gasteiger partial charge on any atom is -0.340 e. The highest BCUT2D eigenvalue weighted by Crippen LogP contribution is 2.35. The Morgan fingerprint density at radius 2 is 2.05 bits per heavy atom. The van der Waals surface area contributed by atoms with Gasteiger partial charge in [-0.3, -0.25) is 14.4 Å². The van der Waals surface area contributed by atoms with E-state index in [0.717, 1.165) is 37.0 Å². The highest BCUT2D eigenvalue weighted by Gasteiger charge is 2.37. The molecular weight excluding hydrogens is 485 g/mol. The zero-order valence-corrected chi connectivity index (χ0v) is 20.7. The normalized spacial score (nSPS) is 16.8. The molecule has 198 valence electrons. The number of hydroxylamine groups is 2. The highest BCUT2D eigenvalue weighted by atomic mass is 19.4. The van der Waals surface area contributed by atoms with Gasteiger partial charge in [0.15, 0.2) is 0 Å². The first kappa shape index (κ1) is 26.7. The molecule has 0 spiro atoms. The summed E-state index contributed by atoms with van der Waals surface area (Å²) in [6.07, 6.45) is -0.165. The van der Waals surface area contributed by atoms with Crippen LogP contribution in [0.3, 0.4) is 0 Å². The van der Waals surface area contributed by atoms with E-state index in [0.29, 0.717) is 37.1 Å². The minimum atomic E-state index is -4.46. The molecule has 2 atom stereocenters. The molecule has 0 radical (unpaired) electrons. The second-order valence-electron chi connectivity index (χ2n) is 9.34. The van der Waals surface area contributed by atoms with Gasteiger partial charge < -0.3 is 9.88 Å². The molecule has 2 aromatic carbocycles. The third-order valence-corrected chi connectivity index (χ3v) is 6.69. The smallest absolute Gasteiger partial charge is 0.340 e. The van der Waals surface area contributed by atoms with Crippen LogP contribution in [0.1, 0.15) is 62.0 Å². The topological polar surface area (TPSA) is 78.5 Å². The molecule has 2 heterocycles. The number of hydrogen-bond acceptors (Lipinski definition) is 4. The van der Waals surface area contributed by atoms with Crippen LogP contribution in [-0.2, 0) is 27.2 Å². The molecule has 1 fully saturated rings. The second-order valence-corrected chi connectivity index (χ2v) is 9.34. The van der Waals surface area contributed by atoms with Crippen LogP contribution in [0.25, 0.3) is 11.0 Å². The Balaban J connectivity index is 1.50. The van der Waals surface area contributed by atoms with Crippen LogP contribution in [-0.4, -0.2) is 45.3 Å². The largest absolute Gasteiger partial charge is 0.416 e. The number of unbranched alkanes of at least 4 members (excludes halogenated alkanes) is 1. The Morgan fingerprint density at radius 3 is 2.76 bits per heavy atom. The number of alkyl halides is 3. The lowest BCUT2D eigenvalue weighted by molar-refractivity contribution is -0.183. The summed E-state index contributed by atoms with van der Waals surface area (Å²) in [4.78, 5) is 40.4. The summed E-state index contributed by atoms with van der Waals surface area (Å²) < 4.78 is 39.4. The summed E-state index contributed by atoms with van der Waals surface area (Å²) in [5.74, 6) is -0.104. The number of halogens is 3. The third-order valence-electron chi connectivity index (χ3n) is 6.69. The number of amides is 2. The SMILES string of the molecule is CCCC[C@@H](CN(C=O)OCc1ccccc1)C(=O)N1CCC[C@H]1c1nc2cc(C(F)(F)F)ccc2[nH]1. The maximum Gasteiger partial charge on any atom is 0.416 e. The lowest BCUT2D eigenvalue weighted by Crippen LogP contribution is -2.41. The Morgan fingerprint density at radius 1 is 1.27 bits per heavy atom. The first-order chi connectivity index (χ1) is 17.8. The predicted molar refractivity (Wildman–Crippen MR) is 132 cm³/mol. The van der Waals surface area contributed by atoms with Crippen molar-refractivity contribution in [2.75, 3.05) is 13.1 Å². The molecule has 1 N–H and O–H groups in total. The summed E-state index contributed by atoms with van der Waals surface area (Å²) in [5, 5.41) is 1.18. The number of imidazole rings is 1. The van der Waals surface area contributed by atoms with Gasteiger partial charge in [0, 0.05) is 6.54 Å². The van der Waals surface area contributed by atoms with Crippen molar-refractivity contribution in [3.05, 3.63) is 65.5 Å². The molecule has 10 heteroatoms. The molecule has 1 aromatic heterocycles. The van der Waals surface area contributed by atoms with E-state index in [1.165, 1.54) is 11.1 Å². The fraction of sp³-hybridized carbons (Fsp3) is 0.444. The summed E-state index contributed by atoms with van der Waals surface area (Å²) in [5.41, 5.74) is 0.852. The van der Waals surface area contributed by atoms with E-state index in [-0.39, 0.29) is 30.6 Å². The summed E-state index contributed by atoms with van der Waals surface area (Å²) in [7, 11) is 0. The zero-order chi connectivity index (χ0) is 26.4. The molecule has 1 saturated heterocycles. The zero-order valence-electron chi connectivity index (χ0n) is 20.7. The van der Waals surface area contributed by atoms with E-state index >= 15 is 0 Å². The maximum absolute atomic E-state index is 13.7. The summed E-state index contributed by atoms with van der Waals surface area (Å²) in [6.45, 7) is 2.88. The van der Waals surface area contributed by atoms with Crippen molar-refractivity contribution in [3.63, 3.8) is 0 Å². The van der Waals surface area contributed by atoms with E-state index in [4.69, 9.17) is 4.84 Å². The number of likely N-dealkylation sites (tertiary alicyclic amines) is 1. The number of carbonyl (C=O) groups excluding carboxylic acids is 2. The Labute approximate surface area is 213 Å². The van der Waals surface area contributed by atoms with Gasteiger partial charge in [-0.1, -0.05) is 50.1 Å². The Bertz CT molecular complexity index is 1200. The lowest BCUT2D eigenvalue weighted by atomic mass is 9.99. The van der Waals surface area contributed by atoms with Gasteiger partial charge in [0.2, 0.25) is 12.3 Å². The standard InChI is InChI=1S/C27H31F3N4O3/c1-2-3-10-20(16-33(18-35)37-17-19-8-5-4-6-9-19)26(36)34-14-7-11-24(34)25-31-22-13-12-21(27(28,29)30)15-23(22)32-25/h4-6,8-9,12-13,15,18,20,24H,2-3,7,10-11,14,16-17H2,1H3,(H,31,32)/t20-,24-/m0/s1. The van der Waals surface area contributed by atoms with E-state index in [1.54, 1.807) is 4.90 Å². The van der Waals surface area contributed by atoms with Gasteiger partial charge in [-0.2, -0.15) is 13.2 Å². The number of carbonyl (C=O) groups is 2. The van der Waals surface area contributed by atoms with Crippen molar-refractivity contribution in [1.29, 1.82) is 0 Å². The average Bonchev–Trinajstić information content (AvgIpc) is 3.54. The van der Waals surface area contributed by atoms with E-state index in [1.807, 2.05) is 37.3 Å². The molecular formula is C27H31F3N4O3. The van der Waals surface area contributed by atoms with Gasteiger partial charge in [-0.15, -0.1) is 0 Å². The fourth-order valence-corrected chi connectivity index (χ4v) is 4.73. The fourth-order valence-electron chi connectivity index (χ4n) is 4.73. The van der Waals surface area contributed by atoms with Crippen LogP contribution >= 0.6 is 0 Å².